The monoisotopic (exact) mass is 201 g/mol. The summed E-state index contributed by atoms with van der Waals surface area (Å²) in [6.07, 6.45) is 0. The highest BCUT2D eigenvalue weighted by molar-refractivity contribution is 5.61. The number of nitriles is 1. The summed E-state index contributed by atoms with van der Waals surface area (Å²) in [4.78, 5) is 0. The van der Waals surface area contributed by atoms with E-state index in [4.69, 9.17) is 5.26 Å². The topological polar surface area (TPSA) is 52.5 Å². The average Bonchev–Trinajstić information content (AvgIpc) is 2.64. The van der Waals surface area contributed by atoms with E-state index in [1.807, 2.05) is 13.0 Å². The molecule has 1 aromatic heterocycles. The Balaban J connectivity index is 2.51. The molecule has 0 saturated carbocycles. The van der Waals surface area contributed by atoms with Crippen LogP contribution in [0.1, 0.15) is 11.3 Å². The van der Waals surface area contributed by atoms with Crippen LogP contribution in [-0.2, 0) is 0 Å². The Hall–Kier alpha value is -2.15. The Kier molecular flexibility index (Phi) is 2.22. The number of nitrogens with zero attached hydrogens (tertiary/aromatic N) is 2. The largest absolute Gasteiger partial charge is 0.282 e. The molecule has 0 bridgehead atoms. The van der Waals surface area contributed by atoms with Crippen LogP contribution in [0.4, 0.5) is 4.39 Å². The molecule has 15 heavy (non-hydrogen) atoms. The molecule has 1 heterocycles. The highest BCUT2D eigenvalue weighted by Crippen LogP contribution is 2.21. The molecule has 1 aromatic carbocycles. The van der Waals surface area contributed by atoms with Crippen molar-refractivity contribution in [2.45, 2.75) is 6.92 Å². The third-order valence-corrected chi connectivity index (χ3v) is 2.08. The molecule has 2 rings (SSSR count). The number of benzene rings is 1. The summed E-state index contributed by atoms with van der Waals surface area (Å²) in [5, 5.41) is 15.3. The molecule has 0 amide bonds. The second-order valence-electron chi connectivity index (χ2n) is 3.24. The first-order chi connectivity index (χ1) is 7.20. The van der Waals surface area contributed by atoms with E-state index in [0.29, 0.717) is 16.8 Å². The Bertz CT molecular complexity index is 537. The summed E-state index contributed by atoms with van der Waals surface area (Å²) in [7, 11) is 0. The molecule has 4 heteroatoms. The van der Waals surface area contributed by atoms with Gasteiger partial charge in [-0.2, -0.15) is 10.4 Å². The predicted octanol–water partition coefficient (Wildman–Crippen LogP) is 2.40. The van der Waals surface area contributed by atoms with Crippen LogP contribution < -0.4 is 0 Å². The van der Waals surface area contributed by atoms with Gasteiger partial charge in [0.15, 0.2) is 0 Å². The van der Waals surface area contributed by atoms with Crippen LogP contribution in [0.25, 0.3) is 11.3 Å². The summed E-state index contributed by atoms with van der Waals surface area (Å²) >= 11 is 0. The summed E-state index contributed by atoms with van der Waals surface area (Å²) < 4.78 is 13.5. The van der Waals surface area contributed by atoms with E-state index < -0.39 is 5.82 Å². The van der Waals surface area contributed by atoms with Gasteiger partial charge in [0, 0.05) is 11.3 Å². The zero-order valence-electron chi connectivity index (χ0n) is 8.08. The van der Waals surface area contributed by atoms with Gasteiger partial charge >= 0.3 is 0 Å². The second-order valence-corrected chi connectivity index (χ2v) is 3.24. The van der Waals surface area contributed by atoms with E-state index in [1.54, 1.807) is 18.2 Å². The van der Waals surface area contributed by atoms with E-state index in [9.17, 15) is 4.39 Å². The van der Waals surface area contributed by atoms with Gasteiger partial charge in [-0.25, -0.2) is 4.39 Å². The molecule has 0 atom stereocenters. The van der Waals surface area contributed by atoms with Crippen LogP contribution >= 0.6 is 0 Å². The standard InChI is InChI=1S/C11H8FN3/c1-7-4-11(15-14-7)9-3-2-8(6-13)5-10(9)12/h2-5H,1H3,(H,14,15). The zero-order chi connectivity index (χ0) is 10.8. The van der Waals surface area contributed by atoms with Crippen molar-refractivity contribution in [1.82, 2.24) is 10.2 Å². The van der Waals surface area contributed by atoms with E-state index in [2.05, 4.69) is 10.2 Å². The number of aryl methyl sites for hydroxylation is 1. The molecule has 0 unspecified atom stereocenters. The first kappa shape index (κ1) is 9.41. The van der Waals surface area contributed by atoms with Crippen molar-refractivity contribution in [3.63, 3.8) is 0 Å². The highest BCUT2D eigenvalue weighted by Gasteiger charge is 2.08. The van der Waals surface area contributed by atoms with Gasteiger partial charge in [-0.05, 0) is 31.2 Å². The molecule has 3 nitrogen and oxygen atoms in total. The number of nitrogens with one attached hydrogen (secondary N) is 1. The molecule has 0 aliphatic rings. The Morgan fingerprint density at radius 1 is 1.40 bits per heavy atom. The maximum absolute atomic E-state index is 13.5. The van der Waals surface area contributed by atoms with Gasteiger partial charge in [0.25, 0.3) is 0 Å². The van der Waals surface area contributed by atoms with Crippen LogP contribution in [0.3, 0.4) is 0 Å². The minimum Gasteiger partial charge on any atom is -0.282 e. The Labute approximate surface area is 86.2 Å². The number of aromatic amines is 1. The predicted molar refractivity (Wildman–Crippen MR) is 53.4 cm³/mol. The van der Waals surface area contributed by atoms with Gasteiger partial charge in [0.1, 0.15) is 5.82 Å². The molecule has 2 aromatic rings. The molecule has 0 saturated heterocycles. The van der Waals surface area contributed by atoms with E-state index in [1.165, 1.54) is 6.07 Å². The lowest BCUT2D eigenvalue weighted by molar-refractivity contribution is 0.630. The number of hydrogen-bond acceptors (Lipinski definition) is 2. The average molecular weight is 201 g/mol. The maximum atomic E-state index is 13.5. The molecule has 0 radical (unpaired) electrons. The van der Waals surface area contributed by atoms with Crippen LogP contribution in [0, 0.1) is 24.1 Å². The first-order valence-corrected chi connectivity index (χ1v) is 4.43. The molecule has 74 valence electrons. The summed E-state index contributed by atoms with van der Waals surface area (Å²) in [6.45, 7) is 1.85. The fraction of sp³-hybridized carbons (Fsp3) is 0.0909. The van der Waals surface area contributed by atoms with Crippen LogP contribution in [-0.4, -0.2) is 10.2 Å². The van der Waals surface area contributed by atoms with Crippen molar-refractivity contribution in [2.24, 2.45) is 0 Å². The van der Waals surface area contributed by atoms with Crippen molar-refractivity contribution >= 4 is 0 Å². The van der Waals surface area contributed by atoms with Crippen molar-refractivity contribution in [3.8, 4) is 17.3 Å². The van der Waals surface area contributed by atoms with E-state index in [0.717, 1.165) is 5.69 Å². The fourth-order valence-electron chi connectivity index (χ4n) is 1.35. The normalized spacial score (nSPS) is 9.93. The number of halogens is 1. The van der Waals surface area contributed by atoms with E-state index >= 15 is 0 Å². The number of hydrogen-bond donors (Lipinski definition) is 1. The summed E-state index contributed by atoms with van der Waals surface area (Å²) in [5.74, 6) is -0.430. The van der Waals surface area contributed by atoms with Gasteiger partial charge in [-0.3, -0.25) is 5.10 Å². The number of aromatic nitrogens is 2. The first-order valence-electron chi connectivity index (χ1n) is 4.43. The summed E-state index contributed by atoms with van der Waals surface area (Å²) in [5.41, 5.74) is 2.13. The Morgan fingerprint density at radius 2 is 2.20 bits per heavy atom. The molecule has 0 spiro atoms. The molecular weight excluding hydrogens is 193 g/mol. The van der Waals surface area contributed by atoms with Gasteiger partial charge in [0.2, 0.25) is 0 Å². The maximum Gasteiger partial charge on any atom is 0.133 e. The molecule has 0 aliphatic heterocycles. The molecule has 0 fully saturated rings. The lowest BCUT2D eigenvalue weighted by Crippen LogP contribution is -1.86. The van der Waals surface area contributed by atoms with Crippen molar-refractivity contribution in [1.29, 1.82) is 5.26 Å². The third kappa shape index (κ3) is 1.72. The van der Waals surface area contributed by atoms with Gasteiger partial charge in [0.05, 0.1) is 17.3 Å². The van der Waals surface area contributed by atoms with Crippen molar-refractivity contribution in [2.75, 3.05) is 0 Å². The SMILES string of the molecule is Cc1cc(-c2ccc(C#N)cc2F)n[nH]1. The van der Waals surface area contributed by atoms with Gasteiger partial charge < -0.3 is 0 Å². The molecule has 0 aliphatic carbocycles. The van der Waals surface area contributed by atoms with Crippen LogP contribution in [0.15, 0.2) is 24.3 Å². The zero-order valence-corrected chi connectivity index (χ0v) is 8.08. The molecule has 1 N–H and O–H groups in total. The van der Waals surface area contributed by atoms with Crippen molar-refractivity contribution < 1.29 is 4.39 Å². The molecular formula is C11H8FN3. The lowest BCUT2D eigenvalue weighted by atomic mass is 10.1. The minimum atomic E-state index is -0.430. The number of H-pyrrole nitrogens is 1. The summed E-state index contributed by atoms with van der Waals surface area (Å²) in [6, 6.07) is 7.98. The minimum absolute atomic E-state index is 0.309. The second kappa shape index (κ2) is 3.54. The van der Waals surface area contributed by atoms with Gasteiger partial charge in [-0.1, -0.05) is 0 Å². The van der Waals surface area contributed by atoms with Crippen molar-refractivity contribution in [3.05, 3.63) is 41.3 Å². The fourth-order valence-corrected chi connectivity index (χ4v) is 1.35. The van der Waals surface area contributed by atoms with Gasteiger partial charge in [-0.15, -0.1) is 0 Å². The van der Waals surface area contributed by atoms with Crippen LogP contribution in [0.5, 0.6) is 0 Å². The highest BCUT2D eigenvalue weighted by atomic mass is 19.1. The smallest absolute Gasteiger partial charge is 0.133 e. The quantitative estimate of drug-likeness (QED) is 0.770. The lowest BCUT2D eigenvalue weighted by Gasteiger charge is -1.98. The van der Waals surface area contributed by atoms with Crippen LogP contribution in [0.2, 0.25) is 0 Å². The Morgan fingerprint density at radius 3 is 2.73 bits per heavy atom. The third-order valence-electron chi connectivity index (χ3n) is 2.08. The van der Waals surface area contributed by atoms with E-state index in [-0.39, 0.29) is 0 Å². The number of rotatable bonds is 1.